The van der Waals surface area contributed by atoms with E-state index in [9.17, 15) is 8.42 Å². The predicted octanol–water partition coefficient (Wildman–Crippen LogP) is 0.770. The van der Waals surface area contributed by atoms with E-state index in [4.69, 9.17) is 5.14 Å². The fourth-order valence-corrected chi connectivity index (χ4v) is 2.57. The molecule has 0 unspecified atom stereocenters. The molecule has 2 aromatic heterocycles. The van der Waals surface area contributed by atoms with Gasteiger partial charge in [0.05, 0.1) is 0 Å². The summed E-state index contributed by atoms with van der Waals surface area (Å²) in [5, 5.41) is 12.3. The van der Waals surface area contributed by atoms with E-state index in [0.717, 1.165) is 4.47 Å². The van der Waals surface area contributed by atoms with Crippen molar-refractivity contribution in [3.05, 3.63) is 22.9 Å². The molecule has 96 valence electrons. The van der Waals surface area contributed by atoms with Gasteiger partial charge in [-0.15, -0.1) is 10.2 Å². The minimum atomic E-state index is -3.89. The first-order valence-corrected chi connectivity index (χ1v) is 7.34. The molecule has 0 radical (unpaired) electrons. The minimum Gasteiger partial charge on any atom is -0.297 e. The fourth-order valence-electron chi connectivity index (χ4n) is 1.53. The zero-order chi connectivity index (χ0) is 13.3. The van der Waals surface area contributed by atoms with Crippen LogP contribution in [-0.2, 0) is 16.6 Å². The van der Waals surface area contributed by atoms with Crippen LogP contribution in [-0.4, -0.2) is 28.2 Å². The van der Waals surface area contributed by atoms with E-state index in [2.05, 4.69) is 31.1 Å². The molecule has 2 heterocycles. The summed E-state index contributed by atoms with van der Waals surface area (Å²) in [6, 6.07) is 1.77. The molecule has 2 aromatic rings. The van der Waals surface area contributed by atoms with Crippen LogP contribution >= 0.6 is 15.9 Å². The van der Waals surface area contributed by atoms with Crippen molar-refractivity contribution in [1.29, 1.82) is 0 Å². The molecule has 7 nitrogen and oxygen atoms in total. The number of nitrogens with zero attached hydrogens (tertiary/aromatic N) is 4. The molecule has 0 spiro atoms. The third kappa shape index (κ3) is 2.42. The summed E-state index contributed by atoms with van der Waals surface area (Å²) >= 11 is 3.29. The summed E-state index contributed by atoms with van der Waals surface area (Å²) in [6.07, 6.45) is 3.20. The van der Waals surface area contributed by atoms with Crippen molar-refractivity contribution in [2.45, 2.75) is 18.6 Å². The highest BCUT2D eigenvalue weighted by atomic mass is 79.9. The molecular weight excluding hydrogens is 322 g/mol. The summed E-state index contributed by atoms with van der Waals surface area (Å²) < 4.78 is 24.9. The first-order chi connectivity index (χ1) is 8.43. The quantitative estimate of drug-likeness (QED) is 0.894. The average molecular weight is 332 g/mol. The van der Waals surface area contributed by atoms with Gasteiger partial charge in [-0.3, -0.25) is 9.55 Å². The molecular formula is C9H10BrN5O2S. The molecule has 0 bridgehead atoms. The zero-order valence-electron chi connectivity index (χ0n) is 9.41. The Bertz CT molecular complexity index is 682. The number of pyridine rings is 1. The van der Waals surface area contributed by atoms with Gasteiger partial charge in [-0.2, -0.15) is 0 Å². The Hall–Kier alpha value is -1.32. The van der Waals surface area contributed by atoms with Crippen molar-refractivity contribution in [1.82, 2.24) is 19.7 Å². The van der Waals surface area contributed by atoms with E-state index in [1.54, 1.807) is 25.4 Å². The van der Waals surface area contributed by atoms with E-state index in [1.165, 1.54) is 4.57 Å². The largest absolute Gasteiger partial charge is 0.297 e. The van der Waals surface area contributed by atoms with Gasteiger partial charge < -0.3 is 0 Å². The number of halogens is 1. The SMILES string of the molecule is CCn1c(-c2cncc(Br)c2)nnc1S(N)(=O)=O. The minimum absolute atomic E-state index is 0.250. The molecule has 0 aliphatic carbocycles. The van der Waals surface area contributed by atoms with Gasteiger partial charge in [0.25, 0.3) is 15.2 Å². The van der Waals surface area contributed by atoms with Gasteiger partial charge in [-0.25, -0.2) is 13.6 Å². The van der Waals surface area contributed by atoms with E-state index in [-0.39, 0.29) is 5.16 Å². The van der Waals surface area contributed by atoms with Gasteiger partial charge in [0.2, 0.25) is 0 Å². The standard InChI is InChI=1S/C9H10BrN5O2S/c1-2-15-8(6-3-7(10)5-12-4-6)13-14-9(15)18(11,16)17/h3-5H,2H2,1H3,(H2,11,16,17). The number of primary sulfonamides is 1. The Morgan fingerprint density at radius 1 is 1.39 bits per heavy atom. The van der Waals surface area contributed by atoms with Crippen LogP contribution in [0.2, 0.25) is 0 Å². The van der Waals surface area contributed by atoms with E-state index in [0.29, 0.717) is 17.9 Å². The van der Waals surface area contributed by atoms with Crippen molar-refractivity contribution >= 4 is 26.0 Å². The number of nitrogens with two attached hydrogens (primary N) is 1. The molecule has 0 aliphatic heterocycles. The van der Waals surface area contributed by atoms with E-state index in [1.807, 2.05) is 0 Å². The lowest BCUT2D eigenvalue weighted by Gasteiger charge is -2.05. The van der Waals surface area contributed by atoms with Crippen LogP contribution in [0.1, 0.15) is 6.92 Å². The summed E-state index contributed by atoms with van der Waals surface area (Å²) in [5.41, 5.74) is 0.661. The lowest BCUT2D eigenvalue weighted by molar-refractivity contribution is 0.571. The van der Waals surface area contributed by atoms with Gasteiger partial charge in [-0.05, 0) is 28.9 Å². The van der Waals surface area contributed by atoms with Crippen molar-refractivity contribution in [2.24, 2.45) is 5.14 Å². The van der Waals surface area contributed by atoms with Crippen LogP contribution < -0.4 is 5.14 Å². The van der Waals surface area contributed by atoms with Crippen LogP contribution in [0.4, 0.5) is 0 Å². The van der Waals surface area contributed by atoms with Crippen molar-refractivity contribution in [3.63, 3.8) is 0 Å². The summed E-state index contributed by atoms with van der Waals surface area (Å²) in [5.74, 6) is 0.412. The molecule has 0 aromatic carbocycles. The monoisotopic (exact) mass is 331 g/mol. The maximum Gasteiger partial charge on any atom is 0.273 e. The summed E-state index contributed by atoms with van der Waals surface area (Å²) in [4.78, 5) is 4.00. The Balaban J connectivity index is 2.63. The second-order valence-corrected chi connectivity index (χ2v) is 5.86. The molecule has 0 amide bonds. The summed E-state index contributed by atoms with van der Waals surface area (Å²) in [6.45, 7) is 2.17. The number of hydrogen-bond acceptors (Lipinski definition) is 5. The maximum absolute atomic E-state index is 11.4. The number of rotatable bonds is 3. The van der Waals surface area contributed by atoms with Crippen molar-refractivity contribution in [2.75, 3.05) is 0 Å². The van der Waals surface area contributed by atoms with Crippen molar-refractivity contribution in [3.8, 4) is 11.4 Å². The van der Waals surface area contributed by atoms with Crippen LogP contribution in [0.3, 0.4) is 0 Å². The Morgan fingerprint density at radius 2 is 2.11 bits per heavy atom. The van der Waals surface area contributed by atoms with Gasteiger partial charge in [0, 0.05) is 29.0 Å². The fraction of sp³-hybridized carbons (Fsp3) is 0.222. The van der Waals surface area contributed by atoms with Crippen molar-refractivity contribution < 1.29 is 8.42 Å². The van der Waals surface area contributed by atoms with E-state index >= 15 is 0 Å². The molecule has 2 rings (SSSR count). The number of sulfonamides is 1. The number of aromatic nitrogens is 4. The first kappa shape index (κ1) is 13.1. The Kier molecular flexibility index (Phi) is 3.46. The topological polar surface area (TPSA) is 104 Å². The lowest BCUT2D eigenvalue weighted by Crippen LogP contribution is -2.18. The molecule has 18 heavy (non-hydrogen) atoms. The molecule has 9 heteroatoms. The van der Waals surface area contributed by atoms with Crippen LogP contribution in [0, 0.1) is 0 Å². The highest BCUT2D eigenvalue weighted by Crippen LogP contribution is 2.21. The molecule has 0 saturated heterocycles. The second-order valence-electron chi connectivity index (χ2n) is 3.49. The second kappa shape index (κ2) is 4.75. The smallest absolute Gasteiger partial charge is 0.273 e. The third-order valence-corrected chi connectivity index (χ3v) is 3.50. The Morgan fingerprint density at radius 3 is 2.67 bits per heavy atom. The highest BCUT2D eigenvalue weighted by molar-refractivity contribution is 9.10. The van der Waals surface area contributed by atoms with Crippen LogP contribution in [0.15, 0.2) is 28.1 Å². The molecule has 0 saturated carbocycles. The molecule has 0 fully saturated rings. The van der Waals surface area contributed by atoms with Crippen LogP contribution in [0.25, 0.3) is 11.4 Å². The normalized spacial score (nSPS) is 11.7. The Labute approximate surface area is 112 Å². The first-order valence-electron chi connectivity index (χ1n) is 5.00. The van der Waals surface area contributed by atoms with Gasteiger partial charge in [0.1, 0.15) is 0 Å². The average Bonchev–Trinajstić information content (AvgIpc) is 2.72. The molecule has 0 atom stereocenters. The van der Waals surface area contributed by atoms with Gasteiger partial charge in [0.15, 0.2) is 5.82 Å². The predicted molar refractivity (Wildman–Crippen MR) is 68.0 cm³/mol. The molecule has 2 N–H and O–H groups in total. The zero-order valence-corrected chi connectivity index (χ0v) is 11.8. The number of hydrogen-bond donors (Lipinski definition) is 1. The molecule has 0 aliphatic rings. The van der Waals surface area contributed by atoms with Crippen LogP contribution in [0.5, 0.6) is 0 Å². The third-order valence-electron chi connectivity index (χ3n) is 2.25. The van der Waals surface area contributed by atoms with E-state index < -0.39 is 10.0 Å². The highest BCUT2D eigenvalue weighted by Gasteiger charge is 2.21. The van der Waals surface area contributed by atoms with Gasteiger partial charge in [-0.1, -0.05) is 0 Å². The van der Waals surface area contributed by atoms with Gasteiger partial charge >= 0.3 is 0 Å². The summed E-state index contributed by atoms with van der Waals surface area (Å²) in [7, 11) is -3.89. The lowest BCUT2D eigenvalue weighted by atomic mass is 10.3. The maximum atomic E-state index is 11.4.